The summed E-state index contributed by atoms with van der Waals surface area (Å²) in [5, 5.41) is 9.61. The molecule has 0 aliphatic rings. The summed E-state index contributed by atoms with van der Waals surface area (Å²) in [6, 6.07) is 0. The predicted molar refractivity (Wildman–Crippen MR) is 90.6 cm³/mol. The number of thiazole rings is 1. The molecule has 0 saturated heterocycles. The number of nitrogens with zero attached hydrogens (tertiary/aromatic N) is 3. The molecule has 22 heavy (non-hydrogen) atoms. The number of hydrogen-bond donors (Lipinski definition) is 0. The molecule has 0 spiro atoms. The lowest BCUT2D eigenvalue weighted by molar-refractivity contribution is 0.316. The quantitative estimate of drug-likeness (QED) is 0.729. The zero-order valence-corrected chi connectivity index (χ0v) is 15.5. The first kappa shape index (κ1) is 17.1. The highest BCUT2D eigenvalue weighted by molar-refractivity contribution is 7.11. The highest BCUT2D eigenvalue weighted by Gasteiger charge is 2.31. The van der Waals surface area contributed by atoms with Gasteiger partial charge in [0, 0.05) is 28.3 Å². The molecular weight excluding hydrogens is 294 g/mol. The number of aromatic nitrogens is 3. The second kappa shape index (κ2) is 6.49. The Bertz CT molecular complexity index is 613. The van der Waals surface area contributed by atoms with Crippen LogP contribution in [0, 0.1) is 0 Å². The van der Waals surface area contributed by atoms with Crippen LogP contribution in [0.2, 0.25) is 0 Å². The first-order chi connectivity index (χ1) is 10.2. The maximum atomic E-state index is 5.85. The number of hydrogen-bond acceptors (Lipinski definition) is 5. The summed E-state index contributed by atoms with van der Waals surface area (Å²) in [6.07, 6.45) is 2.95. The zero-order chi connectivity index (χ0) is 16.5. The van der Waals surface area contributed by atoms with Gasteiger partial charge in [-0.1, -0.05) is 48.5 Å². The Labute approximate surface area is 137 Å². The van der Waals surface area contributed by atoms with Crippen LogP contribution in [-0.4, -0.2) is 15.2 Å². The summed E-state index contributed by atoms with van der Waals surface area (Å²) in [5.74, 6) is 2.62. The molecular formula is C17H27N3OS. The van der Waals surface area contributed by atoms with E-state index >= 15 is 0 Å². The average molecular weight is 321 g/mol. The van der Waals surface area contributed by atoms with E-state index in [0.717, 1.165) is 12.3 Å². The Balaban J connectivity index is 2.12. The normalized spacial score (nSPS) is 14.0. The third kappa shape index (κ3) is 3.75. The van der Waals surface area contributed by atoms with E-state index in [2.05, 4.69) is 63.6 Å². The van der Waals surface area contributed by atoms with Crippen molar-refractivity contribution in [2.24, 2.45) is 0 Å². The summed E-state index contributed by atoms with van der Waals surface area (Å²) in [5.41, 5.74) is -0.150. The second-order valence-electron chi connectivity index (χ2n) is 7.34. The lowest BCUT2D eigenvalue weighted by Crippen LogP contribution is -2.20. The van der Waals surface area contributed by atoms with Crippen molar-refractivity contribution in [3.05, 3.63) is 27.9 Å². The molecule has 0 aliphatic heterocycles. The maximum absolute atomic E-state index is 5.85. The summed E-state index contributed by atoms with van der Waals surface area (Å²) in [4.78, 5) is 5.95. The fourth-order valence-corrected chi connectivity index (χ4v) is 3.45. The predicted octanol–water partition coefficient (Wildman–Crippen LogP) is 5.24. The average Bonchev–Trinajstić information content (AvgIpc) is 3.08. The smallest absolute Gasteiger partial charge is 0.222 e. The molecule has 5 heteroatoms. The van der Waals surface area contributed by atoms with E-state index in [0.29, 0.717) is 17.7 Å². The van der Waals surface area contributed by atoms with Crippen molar-refractivity contribution >= 4 is 11.3 Å². The molecule has 2 aromatic rings. The molecule has 4 nitrogen and oxygen atoms in total. The van der Waals surface area contributed by atoms with E-state index in [4.69, 9.17) is 4.42 Å². The fraction of sp³-hybridized carbons (Fsp3) is 0.706. The molecule has 0 aromatic carbocycles. The first-order valence-corrected chi connectivity index (χ1v) is 8.82. The van der Waals surface area contributed by atoms with Gasteiger partial charge < -0.3 is 4.42 Å². The Hall–Kier alpha value is -1.23. The Morgan fingerprint density at radius 3 is 2.27 bits per heavy atom. The van der Waals surface area contributed by atoms with Gasteiger partial charge in [-0.15, -0.1) is 21.5 Å². The van der Waals surface area contributed by atoms with E-state index in [9.17, 15) is 0 Å². The molecule has 0 N–H and O–H groups in total. The zero-order valence-electron chi connectivity index (χ0n) is 14.7. The Morgan fingerprint density at radius 2 is 1.77 bits per heavy atom. The minimum Gasteiger partial charge on any atom is -0.424 e. The van der Waals surface area contributed by atoms with E-state index in [1.54, 1.807) is 0 Å². The van der Waals surface area contributed by atoms with Crippen LogP contribution in [0.25, 0.3) is 0 Å². The standard InChI is InChI=1S/C17H27N3OS/c1-10(2)13-9-18-15(22-13)12(5)8-17(6,7)16-20-19-14(21-16)11(3)4/h9-12H,8H2,1-7H3. The lowest BCUT2D eigenvalue weighted by Gasteiger charge is -2.23. The van der Waals surface area contributed by atoms with Gasteiger partial charge in [-0.2, -0.15) is 0 Å². The van der Waals surface area contributed by atoms with E-state index in [-0.39, 0.29) is 11.3 Å². The topological polar surface area (TPSA) is 51.8 Å². The molecule has 2 aromatic heterocycles. The van der Waals surface area contributed by atoms with E-state index in [1.807, 2.05) is 17.5 Å². The van der Waals surface area contributed by atoms with Crippen LogP contribution in [0.5, 0.6) is 0 Å². The molecule has 0 fully saturated rings. The van der Waals surface area contributed by atoms with Crippen LogP contribution in [0.4, 0.5) is 0 Å². The van der Waals surface area contributed by atoms with Crippen LogP contribution in [0.3, 0.4) is 0 Å². The minimum absolute atomic E-state index is 0.150. The minimum atomic E-state index is -0.150. The summed E-state index contributed by atoms with van der Waals surface area (Å²) in [7, 11) is 0. The summed E-state index contributed by atoms with van der Waals surface area (Å²) < 4.78 is 5.85. The van der Waals surface area contributed by atoms with Crippen LogP contribution in [-0.2, 0) is 5.41 Å². The van der Waals surface area contributed by atoms with Crippen LogP contribution in [0.1, 0.15) is 94.3 Å². The monoisotopic (exact) mass is 321 g/mol. The third-order valence-corrected chi connectivity index (χ3v) is 5.39. The summed E-state index contributed by atoms with van der Waals surface area (Å²) in [6.45, 7) is 15.1. The van der Waals surface area contributed by atoms with Crippen molar-refractivity contribution in [1.29, 1.82) is 0 Å². The SMILES string of the molecule is CC(C)c1nnc(C(C)(C)CC(C)c2ncc(C(C)C)s2)o1. The van der Waals surface area contributed by atoms with Crippen molar-refractivity contribution < 1.29 is 4.42 Å². The lowest BCUT2D eigenvalue weighted by atomic mass is 9.83. The summed E-state index contributed by atoms with van der Waals surface area (Å²) >= 11 is 1.82. The highest BCUT2D eigenvalue weighted by atomic mass is 32.1. The second-order valence-corrected chi connectivity index (χ2v) is 8.44. The van der Waals surface area contributed by atoms with Gasteiger partial charge in [0.05, 0.1) is 5.01 Å². The van der Waals surface area contributed by atoms with Crippen LogP contribution < -0.4 is 0 Å². The number of rotatable bonds is 6. The molecule has 0 bridgehead atoms. The van der Waals surface area contributed by atoms with Gasteiger partial charge in [-0.3, -0.25) is 0 Å². The molecule has 2 rings (SSSR count). The van der Waals surface area contributed by atoms with Gasteiger partial charge in [-0.25, -0.2) is 4.98 Å². The van der Waals surface area contributed by atoms with Crippen molar-refractivity contribution in [2.45, 2.75) is 78.1 Å². The van der Waals surface area contributed by atoms with Gasteiger partial charge in [0.2, 0.25) is 11.8 Å². The van der Waals surface area contributed by atoms with Crippen molar-refractivity contribution in [3.63, 3.8) is 0 Å². The molecule has 2 heterocycles. The molecule has 0 radical (unpaired) electrons. The fourth-order valence-electron chi connectivity index (χ4n) is 2.48. The van der Waals surface area contributed by atoms with Gasteiger partial charge in [0.25, 0.3) is 0 Å². The van der Waals surface area contributed by atoms with Crippen molar-refractivity contribution in [3.8, 4) is 0 Å². The molecule has 122 valence electrons. The van der Waals surface area contributed by atoms with Crippen LogP contribution in [0.15, 0.2) is 10.6 Å². The van der Waals surface area contributed by atoms with Gasteiger partial charge >= 0.3 is 0 Å². The molecule has 0 saturated carbocycles. The van der Waals surface area contributed by atoms with Gasteiger partial charge in [-0.05, 0) is 12.3 Å². The van der Waals surface area contributed by atoms with Crippen LogP contribution >= 0.6 is 11.3 Å². The first-order valence-electron chi connectivity index (χ1n) is 8.00. The Morgan fingerprint density at radius 1 is 1.09 bits per heavy atom. The maximum Gasteiger partial charge on any atom is 0.222 e. The van der Waals surface area contributed by atoms with E-state index in [1.165, 1.54) is 9.88 Å². The highest BCUT2D eigenvalue weighted by Crippen LogP contribution is 2.36. The third-order valence-electron chi connectivity index (χ3n) is 3.86. The Kier molecular flexibility index (Phi) is 5.05. The molecule has 0 aliphatic carbocycles. The molecule has 1 atom stereocenters. The van der Waals surface area contributed by atoms with Crippen molar-refractivity contribution in [1.82, 2.24) is 15.2 Å². The largest absolute Gasteiger partial charge is 0.424 e. The molecule has 0 amide bonds. The van der Waals surface area contributed by atoms with Gasteiger partial charge in [0.1, 0.15) is 0 Å². The molecule has 1 unspecified atom stereocenters. The van der Waals surface area contributed by atoms with Gasteiger partial charge in [0.15, 0.2) is 0 Å². The van der Waals surface area contributed by atoms with Crippen molar-refractivity contribution in [2.75, 3.05) is 0 Å². The van der Waals surface area contributed by atoms with E-state index < -0.39 is 0 Å².